The van der Waals surface area contributed by atoms with Crippen LogP contribution in [-0.4, -0.2) is 87.0 Å². The van der Waals surface area contributed by atoms with Crippen LogP contribution in [0.15, 0.2) is 30.3 Å². The number of nitrogens with zero attached hydrogens (tertiary/aromatic N) is 5. The van der Waals surface area contributed by atoms with E-state index >= 15 is 0 Å². The summed E-state index contributed by atoms with van der Waals surface area (Å²) in [7, 11) is 0. The second kappa shape index (κ2) is 10.5. The third kappa shape index (κ3) is 5.42. The van der Waals surface area contributed by atoms with E-state index in [1.807, 2.05) is 11.6 Å². The van der Waals surface area contributed by atoms with Crippen molar-refractivity contribution in [3.05, 3.63) is 47.3 Å². The normalized spacial score (nSPS) is 22.1. The van der Waals surface area contributed by atoms with Crippen molar-refractivity contribution in [2.45, 2.75) is 71.6 Å². The van der Waals surface area contributed by atoms with Crippen molar-refractivity contribution in [3.63, 3.8) is 0 Å². The molecule has 32 heavy (non-hydrogen) atoms. The lowest BCUT2D eigenvalue weighted by atomic mass is 9.97. The lowest BCUT2D eigenvalue weighted by Crippen LogP contribution is -2.58. The summed E-state index contributed by atoms with van der Waals surface area (Å²) in [6, 6.07) is 12.7. The fourth-order valence-corrected chi connectivity index (χ4v) is 5.63. The highest BCUT2D eigenvalue weighted by molar-refractivity contribution is 5.37. The van der Waals surface area contributed by atoms with Gasteiger partial charge in [-0.25, -0.2) is 4.68 Å². The van der Waals surface area contributed by atoms with E-state index in [-0.39, 0.29) is 6.61 Å². The van der Waals surface area contributed by atoms with E-state index in [0.717, 1.165) is 44.0 Å². The maximum atomic E-state index is 9.75. The molecule has 0 bridgehead atoms. The molecule has 0 spiro atoms. The number of likely N-dealkylation sites (tertiary alicyclic amines) is 1. The summed E-state index contributed by atoms with van der Waals surface area (Å²) in [6.07, 6.45) is 3.38. The van der Waals surface area contributed by atoms with Crippen LogP contribution in [0.1, 0.15) is 50.1 Å². The molecule has 0 amide bonds. The van der Waals surface area contributed by atoms with Gasteiger partial charge in [0.05, 0.1) is 11.4 Å². The van der Waals surface area contributed by atoms with Crippen molar-refractivity contribution in [3.8, 4) is 5.69 Å². The molecule has 6 heteroatoms. The van der Waals surface area contributed by atoms with E-state index in [1.165, 1.54) is 37.2 Å². The minimum atomic E-state index is 0.271. The lowest BCUT2D eigenvalue weighted by molar-refractivity contribution is -0.0000289. The number of aliphatic hydroxyl groups is 1. The highest BCUT2D eigenvalue weighted by Gasteiger charge is 2.33. The maximum Gasteiger partial charge on any atom is 0.0651 e. The molecule has 0 radical (unpaired) electrons. The van der Waals surface area contributed by atoms with Gasteiger partial charge in [-0.3, -0.25) is 9.80 Å². The summed E-state index contributed by atoms with van der Waals surface area (Å²) in [5, 5.41) is 14.4. The predicted octanol–water partition coefficient (Wildman–Crippen LogP) is 3.23. The van der Waals surface area contributed by atoms with E-state index in [0.29, 0.717) is 18.1 Å². The Bertz CT molecular complexity index is 871. The molecule has 0 saturated carbocycles. The zero-order chi connectivity index (χ0) is 22.7. The number of aliphatic hydroxyl groups excluding tert-OH is 1. The van der Waals surface area contributed by atoms with Crippen molar-refractivity contribution in [1.29, 1.82) is 0 Å². The van der Waals surface area contributed by atoms with Gasteiger partial charge in [0.25, 0.3) is 0 Å². The van der Waals surface area contributed by atoms with E-state index in [9.17, 15) is 5.11 Å². The molecule has 1 N–H and O–H groups in total. The summed E-state index contributed by atoms with van der Waals surface area (Å²) in [4.78, 5) is 7.89. The molecule has 176 valence electrons. The number of aromatic nitrogens is 2. The van der Waals surface area contributed by atoms with Crippen molar-refractivity contribution >= 4 is 0 Å². The molecule has 3 heterocycles. The second-order valence-corrected chi connectivity index (χ2v) is 10.0. The first-order valence-electron chi connectivity index (χ1n) is 12.4. The topological polar surface area (TPSA) is 47.8 Å². The molecule has 6 nitrogen and oxygen atoms in total. The Hall–Kier alpha value is -1.73. The second-order valence-electron chi connectivity index (χ2n) is 10.0. The Morgan fingerprint density at radius 3 is 2.50 bits per heavy atom. The quantitative estimate of drug-likeness (QED) is 0.718. The minimum absolute atomic E-state index is 0.271. The first-order chi connectivity index (χ1) is 15.4. The molecular weight excluding hydrogens is 398 g/mol. The van der Waals surface area contributed by atoms with Gasteiger partial charge in [0.15, 0.2) is 0 Å². The SMILES string of the molecule is Cc1cc(C)n(-c2cccc(CN3CCN(C4CCN(C(C)C)CC4)C(CCO)C3)c2)n1. The third-order valence-electron chi connectivity index (χ3n) is 7.34. The van der Waals surface area contributed by atoms with Crippen LogP contribution in [0.25, 0.3) is 5.69 Å². The number of hydrogen-bond acceptors (Lipinski definition) is 5. The van der Waals surface area contributed by atoms with Crippen LogP contribution in [-0.2, 0) is 6.54 Å². The van der Waals surface area contributed by atoms with Gasteiger partial charge in [0.2, 0.25) is 0 Å². The van der Waals surface area contributed by atoms with Gasteiger partial charge in [0.1, 0.15) is 0 Å². The molecule has 1 unspecified atom stereocenters. The smallest absolute Gasteiger partial charge is 0.0651 e. The van der Waals surface area contributed by atoms with Crippen LogP contribution in [0.5, 0.6) is 0 Å². The fourth-order valence-electron chi connectivity index (χ4n) is 5.63. The van der Waals surface area contributed by atoms with Gasteiger partial charge in [-0.1, -0.05) is 12.1 Å². The van der Waals surface area contributed by atoms with Gasteiger partial charge in [-0.2, -0.15) is 5.10 Å². The molecular formula is C26H41N5O. The number of piperazine rings is 1. The summed E-state index contributed by atoms with van der Waals surface area (Å²) in [6.45, 7) is 15.6. The highest BCUT2D eigenvalue weighted by atomic mass is 16.3. The molecule has 2 aliphatic rings. The molecule has 0 aliphatic carbocycles. The molecule has 2 fully saturated rings. The Morgan fingerprint density at radius 1 is 1.06 bits per heavy atom. The molecule has 1 aromatic carbocycles. The van der Waals surface area contributed by atoms with Gasteiger partial charge in [0, 0.05) is 56.6 Å². The first kappa shape index (κ1) is 23.4. The zero-order valence-corrected chi connectivity index (χ0v) is 20.4. The Balaban J connectivity index is 1.39. The summed E-state index contributed by atoms with van der Waals surface area (Å²) >= 11 is 0. The van der Waals surface area contributed by atoms with Crippen LogP contribution >= 0.6 is 0 Å². The van der Waals surface area contributed by atoms with Crippen LogP contribution in [0.3, 0.4) is 0 Å². The molecule has 2 saturated heterocycles. The number of piperidine rings is 1. The molecule has 2 aliphatic heterocycles. The molecule has 1 aromatic heterocycles. The van der Waals surface area contributed by atoms with Gasteiger partial charge in [-0.15, -0.1) is 0 Å². The van der Waals surface area contributed by atoms with Crippen LogP contribution < -0.4 is 0 Å². The standard InChI is InChI=1S/C26H41N5O/c1-20(2)29-11-8-24(9-12-29)30-14-13-28(19-26(30)10-15-32)18-23-6-5-7-25(17-23)31-22(4)16-21(3)27-31/h5-7,16-17,20,24,26,32H,8-15,18-19H2,1-4H3. The minimum Gasteiger partial charge on any atom is -0.396 e. The number of rotatable bonds is 7. The number of hydrogen-bond donors (Lipinski definition) is 1. The molecule has 2 aromatic rings. The summed E-state index contributed by atoms with van der Waals surface area (Å²) < 4.78 is 2.04. The third-order valence-corrected chi connectivity index (χ3v) is 7.34. The van der Waals surface area contributed by atoms with Crippen LogP contribution in [0.4, 0.5) is 0 Å². The Morgan fingerprint density at radius 2 is 1.84 bits per heavy atom. The summed E-state index contributed by atoms with van der Waals surface area (Å²) in [5.41, 5.74) is 4.68. The number of aryl methyl sites for hydroxylation is 2. The van der Waals surface area contributed by atoms with E-state index in [4.69, 9.17) is 0 Å². The highest BCUT2D eigenvalue weighted by Crippen LogP contribution is 2.25. The van der Waals surface area contributed by atoms with Gasteiger partial charge < -0.3 is 10.0 Å². The van der Waals surface area contributed by atoms with Gasteiger partial charge >= 0.3 is 0 Å². The van der Waals surface area contributed by atoms with E-state index < -0.39 is 0 Å². The van der Waals surface area contributed by atoms with Crippen molar-refractivity contribution in [2.75, 3.05) is 39.3 Å². The Kier molecular flexibility index (Phi) is 7.66. The van der Waals surface area contributed by atoms with Crippen molar-refractivity contribution in [1.82, 2.24) is 24.5 Å². The maximum absolute atomic E-state index is 9.75. The Labute approximate surface area is 193 Å². The van der Waals surface area contributed by atoms with Gasteiger partial charge in [-0.05, 0) is 83.8 Å². The van der Waals surface area contributed by atoms with Crippen LogP contribution in [0, 0.1) is 13.8 Å². The van der Waals surface area contributed by atoms with Crippen molar-refractivity contribution < 1.29 is 5.11 Å². The first-order valence-corrected chi connectivity index (χ1v) is 12.4. The van der Waals surface area contributed by atoms with Crippen molar-refractivity contribution in [2.24, 2.45) is 0 Å². The zero-order valence-electron chi connectivity index (χ0n) is 20.4. The fraction of sp³-hybridized carbons (Fsp3) is 0.654. The van der Waals surface area contributed by atoms with E-state index in [2.05, 4.69) is 70.9 Å². The largest absolute Gasteiger partial charge is 0.396 e. The predicted molar refractivity (Wildman–Crippen MR) is 130 cm³/mol. The van der Waals surface area contributed by atoms with E-state index in [1.54, 1.807) is 0 Å². The average Bonchev–Trinajstić information content (AvgIpc) is 3.12. The average molecular weight is 440 g/mol. The molecule has 4 rings (SSSR count). The monoisotopic (exact) mass is 439 g/mol. The lowest BCUT2D eigenvalue weighted by Gasteiger charge is -2.48. The summed E-state index contributed by atoms with van der Waals surface area (Å²) in [5.74, 6) is 0. The molecule has 1 atom stereocenters. The number of benzene rings is 1. The van der Waals surface area contributed by atoms with Crippen LogP contribution in [0.2, 0.25) is 0 Å².